The molecule has 1 unspecified atom stereocenters. The molecule has 6 heteroatoms. The van der Waals surface area contributed by atoms with Crippen LogP contribution in [0.15, 0.2) is 24.3 Å². The molecule has 6 nitrogen and oxygen atoms in total. The van der Waals surface area contributed by atoms with Gasteiger partial charge in [0.1, 0.15) is 11.4 Å². The van der Waals surface area contributed by atoms with Crippen molar-refractivity contribution >= 4 is 6.09 Å². The predicted molar refractivity (Wildman–Crippen MR) is 106 cm³/mol. The number of ether oxygens (including phenoxy) is 2. The van der Waals surface area contributed by atoms with Gasteiger partial charge in [0.25, 0.3) is 0 Å². The van der Waals surface area contributed by atoms with Crippen molar-refractivity contribution in [1.82, 2.24) is 10.2 Å². The first-order chi connectivity index (χ1) is 12.6. The molecule has 1 aromatic rings. The molecular weight excluding hydrogens is 344 g/mol. The highest BCUT2D eigenvalue weighted by molar-refractivity contribution is 5.67. The summed E-state index contributed by atoms with van der Waals surface area (Å²) in [6.07, 6.45) is 1.13. The third-order valence-corrected chi connectivity index (χ3v) is 4.89. The fraction of sp³-hybridized carbons (Fsp3) is 0.667. The Labute approximate surface area is 162 Å². The Balaban J connectivity index is 2.02. The summed E-state index contributed by atoms with van der Waals surface area (Å²) in [6.45, 7) is 10.5. The van der Waals surface area contributed by atoms with Crippen LogP contribution in [0.2, 0.25) is 0 Å². The van der Waals surface area contributed by atoms with E-state index in [-0.39, 0.29) is 5.92 Å². The van der Waals surface area contributed by atoms with Crippen molar-refractivity contribution in [1.29, 1.82) is 0 Å². The quantitative estimate of drug-likeness (QED) is 0.796. The number of carbonyl (C=O) groups excluding carboxylic acids is 1. The highest BCUT2D eigenvalue weighted by Gasteiger charge is 2.29. The number of nitrogens with one attached hydrogen (secondary N) is 1. The number of carbonyl (C=O) groups is 1. The van der Waals surface area contributed by atoms with Gasteiger partial charge in [-0.25, -0.2) is 4.79 Å². The van der Waals surface area contributed by atoms with Crippen molar-refractivity contribution in [2.75, 3.05) is 33.3 Å². The highest BCUT2D eigenvalue weighted by atomic mass is 16.6. The number of benzene rings is 1. The number of nitrogens with zero attached hydrogens (tertiary/aromatic N) is 1. The molecule has 152 valence electrons. The van der Waals surface area contributed by atoms with Gasteiger partial charge >= 0.3 is 6.09 Å². The van der Waals surface area contributed by atoms with Gasteiger partial charge in [0, 0.05) is 32.1 Å². The number of hydrogen-bond donors (Lipinski definition) is 2. The molecule has 0 bridgehead atoms. The van der Waals surface area contributed by atoms with Gasteiger partial charge in [-0.2, -0.15) is 0 Å². The van der Waals surface area contributed by atoms with Crippen LogP contribution >= 0.6 is 0 Å². The summed E-state index contributed by atoms with van der Waals surface area (Å²) >= 11 is 0. The molecule has 1 saturated heterocycles. The van der Waals surface area contributed by atoms with Gasteiger partial charge < -0.3 is 24.8 Å². The highest BCUT2D eigenvalue weighted by Crippen LogP contribution is 2.25. The average Bonchev–Trinajstić information content (AvgIpc) is 2.58. The topological polar surface area (TPSA) is 71.0 Å². The molecule has 0 aromatic heterocycles. The molecule has 1 aliphatic rings. The van der Waals surface area contributed by atoms with Crippen molar-refractivity contribution in [3.63, 3.8) is 0 Å². The predicted octanol–water partition coefficient (Wildman–Crippen LogP) is 3.15. The standard InChI is InChI=1S/C21H34N2O4/c1-20(2,3)27-19(24)22-14-17(16-6-8-18(26-5)9-7-16)15-23-12-10-21(4,25)11-13-23/h6-9,17,25H,10-15H2,1-5H3,(H,22,24). The number of methoxy groups -OCH3 is 1. The van der Waals surface area contributed by atoms with Crippen LogP contribution in [0.4, 0.5) is 4.79 Å². The maximum absolute atomic E-state index is 12.1. The Morgan fingerprint density at radius 1 is 1.26 bits per heavy atom. The van der Waals surface area contributed by atoms with Crippen LogP contribution in [0.5, 0.6) is 5.75 Å². The summed E-state index contributed by atoms with van der Waals surface area (Å²) in [5.74, 6) is 0.943. The summed E-state index contributed by atoms with van der Waals surface area (Å²) in [7, 11) is 1.65. The lowest BCUT2D eigenvalue weighted by molar-refractivity contribution is -0.00661. The molecule has 1 aliphatic heterocycles. The number of likely N-dealkylation sites (tertiary alicyclic amines) is 1. The third-order valence-electron chi connectivity index (χ3n) is 4.89. The molecule has 0 aliphatic carbocycles. The SMILES string of the molecule is COc1ccc(C(CNC(=O)OC(C)(C)C)CN2CCC(C)(O)CC2)cc1. The van der Waals surface area contributed by atoms with E-state index in [4.69, 9.17) is 9.47 Å². The van der Waals surface area contributed by atoms with Crippen molar-refractivity contribution in [2.24, 2.45) is 0 Å². The van der Waals surface area contributed by atoms with Crippen LogP contribution in [0.25, 0.3) is 0 Å². The number of hydrogen-bond acceptors (Lipinski definition) is 5. The normalized spacial score (nSPS) is 18.6. The first kappa shape index (κ1) is 21.5. The largest absolute Gasteiger partial charge is 0.497 e. The van der Waals surface area contributed by atoms with Gasteiger partial charge in [-0.15, -0.1) is 0 Å². The summed E-state index contributed by atoms with van der Waals surface area (Å²) in [5.41, 5.74) is 0.0585. The Kier molecular flexibility index (Phi) is 7.12. The second-order valence-electron chi connectivity index (χ2n) is 8.65. The number of amides is 1. The van der Waals surface area contributed by atoms with E-state index in [9.17, 15) is 9.90 Å². The zero-order valence-corrected chi connectivity index (χ0v) is 17.2. The Morgan fingerprint density at radius 2 is 1.85 bits per heavy atom. The second kappa shape index (κ2) is 8.93. The first-order valence-electron chi connectivity index (χ1n) is 9.63. The monoisotopic (exact) mass is 378 g/mol. The van der Waals surface area contributed by atoms with E-state index < -0.39 is 17.3 Å². The maximum atomic E-state index is 12.1. The molecule has 1 heterocycles. The van der Waals surface area contributed by atoms with Crippen LogP contribution in [0, 0.1) is 0 Å². The van der Waals surface area contributed by atoms with E-state index in [2.05, 4.69) is 10.2 Å². The number of aliphatic hydroxyl groups is 1. The van der Waals surface area contributed by atoms with Crippen LogP contribution in [0.3, 0.4) is 0 Å². The minimum Gasteiger partial charge on any atom is -0.497 e. The van der Waals surface area contributed by atoms with E-state index in [1.54, 1.807) is 7.11 Å². The van der Waals surface area contributed by atoms with E-state index in [1.165, 1.54) is 0 Å². The summed E-state index contributed by atoms with van der Waals surface area (Å²) in [4.78, 5) is 14.4. The van der Waals surface area contributed by atoms with Crippen molar-refractivity contribution < 1.29 is 19.4 Å². The minimum absolute atomic E-state index is 0.131. The molecule has 0 saturated carbocycles. The molecule has 1 atom stereocenters. The van der Waals surface area contributed by atoms with Gasteiger partial charge in [-0.3, -0.25) is 0 Å². The van der Waals surface area contributed by atoms with Crippen LogP contribution in [-0.4, -0.2) is 60.6 Å². The number of rotatable bonds is 6. The van der Waals surface area contributed by atoms with Gasteiger partial charge in [0.2, 0.25) is 0 Å². The van der Waals surface area contributed by atoms with Gasteiger partial charge in [0.15, 0.2) is 0 Å². The molecule has 2 rings (SSSR count). The summed E-state index contributed by atoms with van der Waals surface area (Å²) in [5, 5.41) is 13.1. The first-order valence-corrected chi connectivity index (χ1v) is 9.63. The smallest absolute Gasteiger partial charge is 0.407 e. The van der Waals surface area contributed by atoms with Crippen molar-refractivity contribution in [3.05, 3.63) is 29.8 Å². The zero-order valence-electron chi connectivity index (χ0n) is 17.2. The van der Waals surface area contributed by atoms with Gasteiger partial charge in [-0.1, -0.05) is 12.1 Å². The zero-order chi connectivity index (χ0) is 20.1. The Hall–Kier alpha value is -1.79. The minimum atomic E-state index is -0.569. The molecule has 1 amide bonds. The number of piperidine rings is 1. The fourth-order valence-corrected chi connectivity index (χ4v) is 3.21. The van der Waals surface area contributed by atoms with Crippen molar-refractivity contribution in [2.45, 2.75) is 57.7 Å². The summed E-state index contributed by atoms with van der Waals surface area (Å²) in [6, 6.07) is 7.97. The van der Waals surface area contributed by atoms with E-state index in [1.807, 2.05) is 52.0 Å². The molecule has 0 radical (unpaired) electrons. The lowest BCUT2D eigenvalue weighted by Crippen LogP contribution is -2.45. The van der Waals surface area contributed by atoms with Crippen LogP contribution < -0.4 is 10.1 Å². The molecule has 27 heavy (non-hydrogen) atoms. The van der Waals surface area contributed by atoms with E-state index >= 15 is 0 Å². The Morgan fingerprint density at radius 3 is 2.37 bits per heavy atom. The molecular formula is C21H34N2O4. The van der Waals surface area contributed by atoms with Crippen LogP contribution in [-0.2, 0) is 4.74 Å². The number of alkyl carbamates (subject to hydrolysis) is 1. The van der Waals surface area contributed by atoms with Crippen molar-refractivity contribution in [3.8, 4) is 5.75 Å². The van der Waals surface area contributed by atoms with Crippen LogP contribution in [0.1, 0.15) is 52.0 Å². The van der Waals surface area contributed by atoms with E-state index in [0.29, 0.717) is 6.54 Å². The fourth-order valence-electron chi connectivity index (χ4n) is 3.21. The average molecular weight is 379 g/mol. The lowest BCUT2D eigenvalue weighted by Gasteiger charge is -2.37. The Bertz CT molecular complexity index is 598. The van der Waals surface area contributed by atoms with Gasteiger partial charge in [0.05, 0.1) is 12.7 Å². The third kappa shape index (κ3) is 7.39. The van der Waals surface area contributed by atoms with E-state index in [0.717, 1.165) is 43.8 Å². The molecule has 0 spiro atoms. The molecule has 1 aromatic carbocycles. The summed E-state index contributed by atoms with van der Waals surface area (Å²) < 4.78 is 10.6. The maximum Gasteiger partial charge on any atom is 0.407 e. The van der Waals surface area contributed by atoms with Gasteiger partial charge in [-0.05, 0) is 58.2 Å². The molecule has 1 fully saturated rings. The second-order valence-corrected chi connectivity index (χ2v) is 8.65. The lowest BCUT2D eigenvalue weighted by atomic mass is 9.92. The molecule has 2 N–H and O–H groups in total.